The van der Waals surface area contributed by atoms with Crippen molar-refractivity contribution >= 4 is 27.3 Å². The third kappa shape index (κ3) is 3.55. The van der Waals surface area contributed by atoms with Gasteiger partial charge in [0.05, 0.1) is 9.77 Å². The molecule has 1 aliphatic rings. The Hall–Kier alpha value is -0.920. The van der Waals surface area contributed by atoms with E-state index in [9.17, 15) is 13.2 Å². The number of amides is 1. The van der Waals surface area contributed by atoms with E-state index in [2.05, 4.69) is 10.0 Å². The Bertz CT molecular complexity index is 545. The molecular formula is C12H18N2O3S2. The van der Waals surface area contributed by atoms with Gasteiger partial charge in [-0.05, 0) is 25.8 Å². The first kappa shape index (κ1) is 14.5. The summed E-state index contributed by atoms with van der Waals surface area (Å²) in [6.45, 7) is 2.35. The third-order valence-corrected chi connectivity index (χ3v) is 5.70. The van der Waals surface area contributed by atoms with E-state index in [0.717, 1.165) is 37.0 Å². The predicted molar refractivity (Wildman–Crippen MR) is 74.9 cm³/mol. The highest BCUT2D eigenvalue weighted by atomic mass is 32.2. The fourth-order valence-corrected chi connectivity index (χ4v) is 4.65. The van der Waals surface area contributed by atoms with Gasteiger partial charge in [-0.2, -0.15) is 0 Å². The van der Waals surface area contributed by atoms with Crippen molar-refractivity contribution in [3.63, 3.8) is 0 Å². The highest BCUT2D eigenvalue weighted by Gasteiger charge is 2.24. The summed E-state index contributed by atoms with van der Waals surface area (Å²) >= 11 is 1.15. The summed E-state index contributed by atoms with van der Waals surface area (Å²) in [7, 11) is -3.49. The molecule has 1 aromatic heterocycles. The molecule has 106 valence electrons. The minimum Gasteiger partial charge on any atom is -0.352 e. The van der Waals surface area contributed by atoms with Crippen molar-refractivity contribution in [1.82, 2.24) is 10.0 Å². The van der Waals surface area contributed by atoms with Crippen LogP contribution in [0.25, 0.3) is 0 Å². The zero-order valence-corrected chi connectivity index (χ0v) is 12.4. The molecular weight excluding hydrogens is 284 g/mol. The van der Waals surface area contributed by atoms with Gasteiger partial charge in [-0.15, -0.1) is 11.3 Å². The SMILES string of the molecule is CCNC(=O)c1cc(S(=O)(=O)NC2CCCC2)cs1. The standard InChI is InChI=1S/C12H18N2O3S2/c1-2-13-12(15)11-7-10(8-18-11)19(16,17)14-9-5-3-4-6-9/h7-9,14H,2-6H2,1H3,(H,13,15). The first-order chi connectivity index (χ1) is 9.03. The molecule has 0 aliphatic heterocycles. The fourth-order valence-electron chi connectivity index (χ4n) is 2.16. The van der Waals surface area contributed by atoms with E-state index in [0.29, 0.717) is 11.4 Å². The van der Waals surface area contributed by atoms with Gasteiger partial charge < -0.3 is 5.32 Å². The molecule has 0 radical (unpaired) electrons. The molecule has 7 heteroatoms. The Kier molecular flexibility index (Phi) is 4.59. The van der Waals surface area contributed by atoms with E-state index >= 15 is 0 Å². The van der Waals surface area contributed by atoms with Gasteiger partial charge in [-0.25, -0.2) is 13.1 Å². The van der Waals surface area contributed by atoms with Crippen LogP contribution in [-0.4, -0.2) is 26.9 Å². The van der Waals surface area contributed by atoms with E-state index in [1.54, 1.807) is 0 Å². The Morgan fingerprint density at radius 2 is 2.11 bits per heavy atom. The van der Waals surface area contributed by atoms with Crippen LogP contribution in [0.4, 0.5) is 0 Å². The molecule has 1 amide bonds. The van der Waals surface area contributed by atoms with Crippen LogP contribution in [0, 0.1) is 0 Å². The number of nitrogens with one attached hydrogen (secondary N) is 2. The summed E-state index contributed by atoms with van der Waals surface area (Å²) in [5, 5.41) is 4.17. The van der Waals surface area contributed by atoms with Gasteiger partial charge >= 0.3 is 0 Å². The maximum absolute atomic E-state index is 12.1. The largest absolute Gasteiger partial charge is 0.352 e. The van der Waals surface area contributed by atoms with Gasteiger partial charge in [0.1, 0.15) is 0 Å². The Labute approximate surface area is 117 Å². The molecule has 0 atom stereocenters. The van der Waals surface area contributed by atoms with Crippen LogP contribution in [0.15, 0.2) is 16.3 Å². The molecule has 0 unspecified atom stereocenters. The van der Waals surface area contributed by atoms with E-state index in [1.165, 1.54) is 11.4 Å². The summed E-state index contributed by atoms with van der Waals surface area (Å²) in [6, 6.07) is 1.48. The van der Waals surface area contributed by atoms with E-state index < -0.39 is 10.0 Å². The maximum Gasteiger partial charge on any atom is 0.261 e. The van der Waals surface area contributed by atoms with Gasteiger partial charge in [-0.1, -0.05) is 12.8 Å². The Morgan fingerprint density at radius 1 is 1.42 bits per heavy atom. The van der Waals surface area contributed by atoms with E-state index in [-0.39, 0.29) is 16.8 Å². The highest BCUT2D eigenvalue weighted by molar-refractivity contribution is 7.89. The summed E-state index contributed by atoms with van der Waals surface area (Å²) in [5.41, 5.74) is 0. The third-order valence-electron chi connectivity index (χ3n) is 3.12. The summed E-state index contributed by atoms with van der Waals surface area (Å²) in [5.74, 6) is -0.227. The molecule has 1 aliphatic carbocycles. The van der Waals surface area contributed by atoms with Crippen LogP contribution < -0.4 is 10.0 Å². The number of thiophene rings is 1. The van der Waals surface area contributed by atoms with Crippen molar-refractivity contribution in [2.45, 2.75) is 43.5 Å². The molecule has 2 N–H and O–H groups in total. The summed E-state index contributed by atoms with van der Waals surface area (Å²) in [6.07, 6.45) is 3.93. The molecule has 1 heterocycles. The zero-order valence-electron chi connectivity index (χ0n) is 10.8. The van der Waals surface area contributed by atoms with Crippen LogP contribution in [0.3, 0.4) is 0 Å². The lowest BCUT2D eigenvalue weighted by molar-refractivity contribution is 0.0959. The normalized spacial score (nSPS) is 16.7. The molecule has 2 rings (SSSR count). The smallest absolute Gasteiger partial charge is 0.261 e. The number of carbonyl (C=O) groups is 1. The minimum atomic E-state index is -3.49. The average molecular weight is 302 g/mol. The van der Waals surface area contributed by atoms with Gasteiger partial charge in [0.15, 0.2) is 0 Å². The number of hydrogen-bond acceptors (Lipinski definition) is 4. The zero-order chi connectivity index (χ0) is 13.9. The van der Waals surface area contributed by atoms with E-state index in [4.69, 9.17) is 0 Å². The molecule has 0 aromatic carbocycles. The van der Waals surface area contributed by atoms with Gasteiger partial charge in [0.2, 0.25) is 10.0 Å². The van der Waals surface area contributed by atoms with Gasteiger partial charge in [0.25, 0.3) is 5.91 Å². The fraction of sp³-hybridized carbons (Fsp3) is 0.583. The molecule has 1 saturated carbocycles. The number of sulfonamides is 1. The summed E-state index contributed by atoms with van der Waals surface area (Å²) in [4.78, 5) is 12.2. The molecule has 5 nitrogen and oxygen atoms in total. The van der Waals surface area contributed by atoms with Crippen LogP contribution in [0.2, 0.25) is 0 Å². The minimum absolute atomic E-state index is 0.0396. The molecule has 0 bridgehead atoms. The lowest BCUT2D eigenvalue weighted by atomic mass is 10.3. The van der Waals surface area contributed by atoms with Crippen molar-refractivity contribution in [2.24, 2.45) is 0 Å². The Balaban J connectivity index is 2.10. The monoisotopic (exact) mass is 302 g/mol. The predicted octanol–water partition coefficient (Wildman–Crippen LogP) is 1.72. The lowest BCUT2D eigenvalue weighted by Gasteiger charge is -2.11. The number of hydrogen-bond donors (Lipinski definition) is 2. The maximum atomic E-state index is 12.1. The second-order valence-corrected chi connectivity index (χ2v) is 7.23. The van der Waals surface area contributed by atoms with Crippen molar-refractivity contribution in [3.05, 3.63) is 16.3 Å². The first-order valence-corrected chi connectivity index (χ1v) is 8.78. The quantitative estimate of drug-likeness (QED) is 0.869. The van der Waals surface area contributed by atoms with Crippen molar-refractivity contribution < 1.29 is 13.2 Å². The second kappa shape index (κ2) is 6.02. The second-order valence-electron chi connectivity index (χ2n) is 4.61. The van der Waals surface area contributed by atoms with Crippen molar-refractivity contribution in [1.29, 1.82) is 0 Å². The van der Waals surface area contributed by atoms with Crippen molar-refractivity contribution in [3.8, 4) is 0 Å². The molecule has 0 spiro atoms. The van der Waals surface area contributed by atoms with Crippen LogP contribution in [-0.2, 0) is 10.0 Å². The first-order valence-electron chi connectivity index (χ1n) is 6.42. The molecule has 0 saturated heterocycles. The molecule has 1 fully saturated rings. The highest BCUT2D eigenvalue weighted by Crippen LogP contribution is 2.23. The number of carbonyl (C=O) groups excluding carboxylic acids is 1. The Morgan fingerprint density at radius 3 is 2.74 bits per heavy atom. The average Bonchev–Trinajstić information content (AvgIpc) is 2.98. The number of rotatable bonds is 5. The van der Waals surface area contributed by atoms with Crippen LogP contribution >= 0.6 is 11.3 Å². The van der Waals surface area contributed by atoms with Crippen molar-refractivity contribution in [2.75, 3.05) is 6.54 Å². The lowest BCUT2D eigenvalue weighted by Crippen LogP contribution is -2.32. The summed E-state index contributed by atoms with van der Waals surface area (Å²) < 4.78 is 27.0. The van der Waals surface area contributed by atoms with Crippen LogP contribution in [0.5, 0.6) is 0 Å². The molecule has 19 heavy (non-hydrogen) atoms. The van der Waals surface area contributed by atoms with Gasteiger partial charge in [-0.3, -0.25) is 4.79 Å². The van der Waals surface area contributed by atoms with E-state index in [1.807, 2.05) is 6.92 Å². The topological polar surface area (TPSA) is 75.3 Å². The van der Waals surface area contributed by atoms with Gasteiger partial charge in [0, 0.05) is 18.0 Å². The molecule has 1 aromatic rings. The van der Waals surface area contributed by atoms with Crippen LogP contribution in [0.1, 0.15) is 42.3 Å².